The van der Waals surface area contributed by atoms with Crippen molar-refractivity contribution in [3.63, 3.8) is 0 Å². The zero-order chi connectivity index (χ0) is 15.4. The first kappa shape index (κ1) is 15.4. The highest BCUT2D eigenvalue weighted by Gasteiger charge is 2.23. The maximum Gasteiger partial charge on any atom is 0.276 e. The van der Waals surface area contributed by atoms with E-state index in [2.05, 4.69) is 17.1 Å². The molecule has 1 aromatic carbocycles. The van der Waals surface area contributed by atoms with Crippen LogP contribution in [-0.4, -0.2) is 34.8 Å². The van der Waals surface area contributed by atoms with Crippen molar-refractivity contribution in [1.82, 2.24) is 10.2 Å². The normalized spacial score (nSPS) is 21.2. The SMILES string of the molecule is CCOc1ccccc1-c1nnc(SC[C@H]2CC[C@@H](C)O2)o1. The lowest BCUT2D eigenvalue weighted by atomic mass is 10.2. The predicted octanol–water partition coefficient (Wildman–Crippen LogP) is 3.79. The van der Waals surface area contributed by atoms with Crippen molar-refractivity contribution in [1.29, 1.82) is 0 Å². The molecule has 0 bridgehead atoms. The number of ether oxygens (including phenoxy) is 2. The molecule has 0 unspecified atom stereocenters. The molecule has 0 aliphatic carbocycles. The molecule has 2 heterocycles. The van der Waals surface area contributed by atoms with Crippen molar-refractivity contribution in [2.75, 3.05) is 12.4 Å². The summed E-state index contributed by atoms with van der Waals surface area (Å²) in [4.78, 5) is 0. The first-order valence-electron chi connectivity index (χ1n) is 7.60. The topological polar surface area (TPSA) is 57.4 Å². The minimum atomic E-state index is 0.283. The molecule has 6 heteroatoms. The highest BCUT2D eigenvalue weighted by molar-refractivity contribution is 7.99. The number of rotatable bonds is 6. The van der Waals surface area contributed by atoms with E-state index in [0.29, 0.717) is 23.8 Å². The highest BCUT2D eigenvalue weighted by atomic mass is 32.2. The van der Waals surface area contributed by atoms with Crippen LogP contribution >= 0.6 is 11.8 Å². The lowest BCUT2D eigenvalue weighted by Crippen LogP contribution is -2.10. The molecule has 2 aromatic rings. The Morgan fingerprint density at radius 3 is 2.91 bits per heavy atom. The first-order chi connectivity index (χ1) is 10.8. The van der Waals surface area contributed by atoms with Gasteiger partial charge in [0.25, 0.3) is 11.1 Å². The van der Waals surface area contributed by atoms with E-state index in [9.17, 15) is 0 Å². The second-order valence-corrected chi connectivity index (χ2v) is 6.23. The molecule has 118 valence electrons. The number of nitrogens with zero attached hydrogens (tertiary/aromatic N) is 2. The van der Waals surface area contributed by atoms with Gasteiger partial charge in [0.2, 0.25) is 0 Å². The molecular formula is C16H20N2O3S. The summed E-state index contributed by atoms with van der Waals surface area (Å²) in [5, 5.41) is 8.81. The van der Waals surface area contributed by atoms with E-state index in [4.69, 9.17) is 13.9 Å². The van der Waals surface area contributed by atoms with Gasteiger partial charge in [-0.2, -0.15) is 0 Å². The average Bonchev–Trinajstić information content (AvgIpc) is 3.15. The quantitative estimate of drug-likeness (QED) is 0.755. The number of thioether (sulfide) groups is 1. The monoisotopic (exact) mass is 320 g/mol. The second kappa shape index (κ2) is 7.15. The number of hydrogen-bond acceptors (Lipinski definition) is 6. The fourth-order valence-electron chi connectivity index (χ4n) is 2.47. The number of hydrogen-bond donors (Lipinski definition) is 0. The van der Waals surface area contributed by atoms with Crippen LogP contribution in [0.3, 0.4) is 0 Å². The summed E-state index contributed by atoms with van der Waals surface area (Å²) in [6.07, 6.45) is 2.87. The lowest BCUT2D eigenvalue weighted by molar-refractivity contribution is 0.0699. The molecule has 0 N–H and O–H groups in total. The van der Waals surface area contributed by atoms with E-state index in [1.807, 2.05) is 31.2 Å². The molecule has 2 atom stereocenters. The van der Waals surface area contributed by atoms with Crippen LogP contribution in [0.1, 0.15) is 26.7 Å². The molecule has 0 spiro atoms. The molecule has 0 radical (unpaired) electrons. The summed E-state index contributed by atoms with van der Waals surface area (Å²) in [5.41, 5.74) is 0.828. The average molecular weight is 320 g/mol. The summed E-state index contributed by atoms with van der Waals surface area (Å²) in [6.45, 7) is 4.67. The van der Waals surface area contributed by atoms with Gasteiger partial charge in [-0.25, -0.2) is 0 Å². The molecule has 5 nitrogen and oxygen atoms in total. The van der Waals surface area contributed by atoms with Gasteiger partial charge in [0.15, 0.2) is 0 Å². The van der Waals surface area contributed by atoms with Crippen molar-refractivity contribution in [2.45, 2.75) is 44.1 Å². The fourth-order valence-corrected chi connectivity index (χ4v) is 3.28. The van der Waals surface area contributed by atoms with Gasteiger partial charge < -0.3 is 13.9 Å². The lowest BCUT2D eigenvalue weighted by Gasteiger charge is -2.08. The highest BCUT2D eigenvalue weighted by Crippen LogP contribution is 2.31. The summed E-state index contributed by atoms with van der Waals surface area (Å²) in [7, 11) is 0. The van der Waals surface area contributed by atoms with Crippen molar-refractivity contribution >= 4 is 11.8 Å². The molecule has 1 fully saturated rings. The second-order valence-electron chi connectivity index (χ2n) is 5.26. The number of aromatic nitrogens is 2. The molecule has 0 saturated carbocycles. The summed E-state index contributed by atoms with van der Waals surface area (Å²) in [6, 6.07) is 7.69. The fraction of sp³-hybridized carbons (Fsp3) is 0.500. The van der Waals surface area contributed by atoms with E-state index >= 15 is 0 Å². The summed E-state index contributed by atoms with van der Waals surface area (Å²) >= 11 is 1.55. The van der Waals surface area contributed by atoms with Gasteiger partial charge in [-0.3, -0.25) is 0 Å². The van der Waals surface area contributed by atoms with Gasteiger partial charge in [-0.05, 0) is 38.8 Å². The van der Waals surface area contributed by atoms with Crippen molar-refractivity contribution in [3.05, 3.63) is 24.3 Å². The zero-order valence-corrected chi connectivity index (χ0v) is 13.6. The van der Waals surface area contributed by atoms with Crippen LogP contribution in [0.25, 0.3) is 11.5 Å². The molecule has 3 rings (SSSR count). The maximum absolute atomic E-state index is 5.79. The minimum absolute atomic E-state index is 0.283. The third-order valence-corrected chi connectivity index (χ3v) is 4.49. The Balaban J connectivity index is 1.66. The van der Waals surface area contributed by atoms with Crippen LogP contribution in [0.2, 0.25) is 0 Å². The molecule has 0 amide bonds. The Morgan fingerprint density at radius 1 is 1.27 bits per heavy atom. The predicted molar refractivity (Wildman–Crippen MR) is 85.2 cm³/mol. The third kappa shape index (κ3) is 3.62. The van der Waals surface area contributed by atoms with Crippen molar-refractivity contribution in [3.8, 4) is 17.2 Å². The molecule has 1 aliphatic heterocycles. The molecule has 1 aromatic heterocycles. The van der Waals surface area contributed by atoms with E-state index < -0.39 is 0 Å². The standard InChI is InChI=1S/C16H20N2O3S/c1-3-19-14-7-5-4-6-13(14)15-17-18-16(21-15)22-10-12-9-8-11(2)20-12/h4-7,11-12H,3,8-10H2,1-2H3/t11-,12-/m1/s1. The Morgan fingerprint density at radius 2 is 2.14 bits per heavy atom. The zero-order valence-electron chi connectivity index (χ0n) is 12.8. The smallest absolute Gasteiger partial charge is 0.276 e. The van der Waals surface area contributed by atoms with Gasteiger partial charge in [0.1, 0.15) is 5.75 Å². The van der Waals surface area contributed by atoms with Crippen LogP contribution in [0.15, 0.2) is 33.9 Å². The van der Waals surface area contributed by atoms with Gasteiger partial charge >= 0.3 is 0 Å². The van der Waals surface area contributed by atoms with Gasteiger partial charge in [-0.15, -0.1) is 10.2 Å². The Kier molecular flexibility index (Phi) is 5.00. The van der Waals surface area contributed by atoms with Crippen LogP contribution in [-0.2, 0) is 4.74 Å². The van der Waals surface area contributed by atoms with Crippen LogP contribution in [0.4, 0.5) is 0 Å². The molecule has 1 aliphatic rings. The van der Waals surface area contributed by atoms with E-state index in [1.165, 1.54) is 0 Å². The van der Waals surface area contributed by atoms with Crippen LogP contribution < -0.4 is 4.74 Å². The van der Waals surface area contributed by atoms with Gasteiger partial charge in [0, 0.05) is 5.75 Å². The van der Waals surface area contributed by atoms with E-state index in [-0.39, 0.29) is 6.10 Å². The number of benzene rings is 1. The van der Waals surface area contributed by atoms with Crippen molar-refractivity contribution < 1.29 is 13.9 Å². The third-order valence-electron chi connectivity index (χ3n) is 3.54. The van der Waals surface area contributed by atoms with Gasteiger partial charge in [-0.1, -0.05) is 23.9 Å². The minimum Gasteiger partial charge on any atom is -0.493 e. The first-order valence-corrected chi connectivity index (χ1v) is 8.58. The van der Waals surface area contributed by atoms with E-state index in [0.717, 1.165) is 29.9 Å². The number of para-hydroxylation sites is 1. The Bertz CT molecular complexity index is 617. The van der Waals surface area contributed by atoms with Crippen LogP contribution in [0, 0.1) is 0 Å². The van der Waals surface area contributed by atoms with Crippen LogP contribution in [0.5, 0.6) is 5.75 Å². The van der Waals surface area contributed by atoms with E-state index in [1.54, 1.807) is 11.8 Å². The van der Waals surface area contributed by atoms with Gasteiger partial charge in [0.05, 0.1) is 24.4 Å². The largest absolute Gasteiger partial charge is 0.493 e. The molecule has 1 saturated heterocycles. The Labute approximate surface area is 134 Å². The molecular weight excluding hydrogens is 300 g/mol. The summed E-state index contributed by atoms with van der Waals surface area (Å²) < 4.78 is 17.1. The maximum atomic E-state index is 5.79. The van der Waals surface area contributed by atoms with Crippen molar-refractivity contribution in [2.24, 2.45) is 0 Å². The molecule has 22 heavy (non-hydrogen) atoms. The Hall–Kier alpha value is -1.53. The summed E-state index contributed by atoms with van der Waals surface area (Å²) in [5.74, 6) is 2.10.